The Morgan fingerprint density at radius 1 is 1.35 bits per heavy atom. The molecule has 0 spiro atoms. The summed E-state index contributed by atoms with van der Waals surface area (Å²) in [5.41, 5.74) is 6.43. The summed E-state index contributed by atoms with van der Waals surface area (Å²) >= 11 is 0. The molecule has 1 atom stereocenters. The Bertz CT molecular complexity index is 367. The molecule has 92 valence electrons. The molecular weight excluding hydrogens is 216 g/mol. The molecular formula is C13H18N2O2. The van der Waals surface area contributed by atoms with Crippen LogP contribution in [0.2, 0.25) is 0 Å². The zero-order chi connectivity index (χ0) is 12.1. The van der Waals surface area contributed by atoms with Gasteiger partial charge in [-0.05, 0) is 31.5 Å². The number of carbonyl (C=O) groups is 1. The Kier molecular flexibility index (Phi) is 4.12. The maximum atomic E-state index is 11.8. The molecule has 0 saturated carbocycles. The molecule has 1 saturated heterocycles. The second kappa shape index (κ2) is 5.80. The largest absolute Gasteiger partial charge is 0.367 e. The number of benzene rings is 1. The first-order chi connectivity index (χ1) is 8.31. The second-order valence-corrected chi connectivity index (χ2v) is 4.20. The number of para-hydroxylation sites is 1. The van der Waals surface area contributed by atoms with Gasteiger partial charge in [0.1, 0.15) is 6.61 Å². The minimum atomic E-state index is 0.0280. The lowest BCUT2D eigenvalue weighted by atomic mass is 10.1. The van der Waals surface area contributed by atoms with Crippen LogP contribution in [0.25, 0.3) is 0 Å². The molecule has 1 unspecified atom stereocenters. The van der Waals surface area contributed by atoms with E-state index < -0.39 is 0 Å². The molecule has 17 heavy (non-hydrogen) atoms. The van der Waals surface area contributed by atoms with Crippen LogP contribution in [0.5, 0.6) is 0 Å². The van der Waals surface area contributed by atoms with Gasteiger partial charge in [-0.2, -0.15) is 0 Å². The molecule has 1 aromatic carbocycles. The minimum absolute atomic E-state index is 0.0280. The third kappa shape index (κ3) is 3.05. The maximum Gasteiger partial charge on any atom is 0.253 e. The van der Waals surface area contributed by atoms with E-state index in [1.165, 1.54) is 0 Å². The Balaban J connectivity index is 2.02. The molecule has 0 radical (unpaired) electrons. The summed E-state index contributed by atoms with van der Waals surface area (Å²) in [6.45, 7) is 1.46. The van der Waals surface area contributed by atoms with Gasteiger partial charge in [0.15, 0.2) is 0 Å². The lowest BCUT2D eigenvalue weighted by Gasteiger charge is -2.32. The number of ether oxygens (including phenoxy) is 1. The van der Waals surface area contributed by atoms with Gasteiger partial charge in [0, 0.05) is 5.69 Å². The SMILES string of the molecule is NCCCC1CN(c2ccccc2)C(=O)CO1. The zero-order valence-corrected chi connectivity index (χ0v) is 9.84. The van der Waals surface area contributed by atoms with E-state index in [9.17, 15) is 4.79 Å². The first-order valence-electron chi connectivity index (χ1n) is 5.98. The standard InChI is InChI=1S/C13H18N2O2/c14-8-4-7-12-9-15(13(16)10-17-12)11-5-2-1-3-6-11/h1-3,5-6,12H,4,7-10,14H2. The van der Waals surface area contributed by atoms with Crippen molar-refractivity contribution in [3.63, 3.8) is 0 Å². The van der Waals surface area contributed by atoms with E-state index in [-0.39, 0.29) is 18.6 Å². The Morgan fingerprint density at radius 2 is 2.12 bits per heavy atom. The van der Waals surface area contributed by atoms with Crippen molar-refractivity contribution < 1.29 is 9.53 Å². The van der Waals surface area contributed by atoms with Crippen molar-refractivity contribution >= 4 is 11.6 Å². The quantitative estimate of drug-likeness (QED) is 0.850. The third-order valence-corrected chi connectivity index (χ3v) is 2.93. The highest BCUT2D eigenvalue weighted by molar-refractivity contribution is 5.94. The van der Waals surface area contributed by atoms with Crippen molar-refractivity contribution in [2.45, 2.75) is 18.9 Å². The lowest BCUT2D eigenvalue weighted by molar-refractivity contribution is -0.129. The summed E-state index contributed by atoms with van der Waals surface area (Å²) in [5.74, 6) is 0.0280. The van der Waals surface area contributed by atoms with Gasteiger partial charge in [0.2, 0.25) is 0 Å². The van der Waals surface area contributed by atoms with Gasteiger partial charge in [0.25, 0.3) is 5.91 Å². The zero-order valence-electron chi connectivity index (χ0n) is 9.84. The van der Waals surface area contributed by atoms with Crippen LogP contribution >= 0.6 is 0 Å². The number of morpholine rings is 1. The van der Waals surface area contributed by atoms with Crippen LogP contribution in [-0.4, -0.2) is 31.7 Å². The Labute approximate surface area is 101 Å². The van der Waals surface area contributed by atoms with E-state index in [1.807, 2.05) is 30.3 Å². The van der Waals surface area contributed by atoms with E-state index in [0.29, 0.717) is 13.1 Å². The normalized spacial score (nSPS) is 20.6. The van der Waals surface area contributed by atoms with Crippen molar-refractivity contribution in [1.29, 1.82) is 0 Å². The van der Waals surface area contributed by atoms with Gasteiger partial charge >= 0.3 is 0 Å². The number of hydrogen-bond donors (Lipinski definition) is 1. The summed E-state index contributed by atoms with van der Waals surface area (Å²) in [6, 6.07) is 9.71. The van der Waals surface area contributed by atoms with Crippen molar-refractivity contribution in [2.24, 2.45) is 5.73 Å². The molecule has 1 amide bonds. The molecule has 1 aliphatic heterocycles. The molecule has 1 aromatic rings. The molecule has 1 heterocycles. The van der Waals surface area contributed by atoms with Gasteiger partial charge in [-0.3, -0.25) is 4.79 Å². The van der Waals surface area contributed by atoms with E-state index in [0.717, 1.165) is 18.5 Å². The maximum absolute atomic E-state index is 11.8. The molecule has 1 fully saturated rings. The monoisotopic (exact) mass is 234 g/mol. The lowest BCUT2D eigenvalue weighted by Crippen LogP contribution is -2.46. The highest BCUT2D eigenvalue weighted by Gasteiger charge is 2.26. The number of anilines is 1. The van der Waals surface area contributed by atoms with Gasteiger partial charge in [0.05, 0.1) is 12.6 Å². The predicted octanol–water partition coefficient (Wildman–Crippen LogP) is 1.16. The smallest absolute Gasteiger partial charge is 0.253 e. The Morgan fingerprint density at radius 3 is 2.82 bits per heavy atom. The molecule has 4 heteroatoms. The van der Waals surface area contributed by atoms with Crippen LogP contribution in [0.15, 0.2) is 30.3 Å². The third-order valence-electron chi connectivity index (χ3n) is 2.93. The fraction of sp³-hybridized carbons (Fsp3) is 0.462. The van der Waals surface area contributed by atoms with Crippen molar-refractivity contribution in [2.75, 3.05) is 24.6 Å². The summed E-state index contributed by atoms with van der Waals surface area (Å²) in [4.78, 5) is 13.6. The molecule has 4 nitrogen and oxygen atoms in total. The van der Waals surface area contributed by atoms with Crippen LogP contribution in [0.1, 0.15) is 12.8 Å². The summed E-state index contributed by atoms with van der Waals surface area (Å²) in [7, 11) is 0. The van der Waals surface area contributed by atoms with Crippen LogP contribution in [0.4, 0.5) is 5.69 Å². The molecule has 0 aromatic heterocycles. The number of carbonyl (C=O) groups excluding carboxylic acids is 1. The Hall–Kier alpha value is -1.39. The molecule has 0 bridgehead atoms. The van der Waals surface area contributed by atoms with Crippen molar-refractivity contribution in [1.82, 2.24) is 0 Å². The second-order valence-electron chi connectivity index (χ2n) is 4.20. The van der Waals surface area contributed by atoms with Crippen LogP contribution in [0.3, 0.4) is 0 Å². The van der Waals surface area contributed by atoms with Crippen molar-refractivity contribution in [3.8, 4) is 0 Å². The molecule has 2 rings (SSSR count). The van der Waals surface area contributed by atoms with E-state index >= 15 is 0 Å². The predicted molar refractivity (Wildman–Crippen MR) is 66.8 cm³/mol. The first-order valence-corrected chi connectivity index (χ1v) is 5.98. The summed E-state index contributed by atoms with van der Waals surface area (Å²) in [6.07, 6.45) is 1.95. The molecule has 0 aliphatic carbocycles. The van der Waals surface area contributed by atoms with Crippen LogP contribution in [0, 0.1) is 0 Å². The molecule has 1 aliphatic rings. The van der Waals surface area contributed by atoms with Gasteiger partial charge in [-0.1, -0.05) is 18.2 Å². The highest BCUT2D eigenvalue weighted by Crippen LogP contribution is 2.19. The number of amides is 1. The average molecular weight is 234 g/mol. The molecule has 2 N–H and O–H groups in total. The summed E-state index contributed by atoms with van der Waals surface area (Å²) in [5, 5.41) is 0. The van der Waals surface area contributed by atoms with Crippen LogP contribution in [-0.2, 0) is 9.53 Å². The number of nitrogens with zero attached hydrogens (tertiary/aromatic N) is 1. The van der Waals surface area contributed by atoms with E-state index in [2.05, 4.69) is 0 Å². The number of rotatable bonds is 4. The first kappa shape index (κ1) is 12.1. The average Bonchev–Trinajstić information content (AvgIpc) is 2.39. The van der Waals surface area contributed by atoms with Crippen molar-refractivity contribution in [3.05, 3.63) is 30.3 Å². The highest BCUT2D eigenvalue weighted by atomic mass is 16.5. The number of hydrogen-bond acceptors (Lipinski definition) is 3. The number of nitrogens with two attached hydrogens (primary N) is 1. The fourth-order valence-corrected chi connectivity index (χ4v) is 2.00. The van der Waals surface area contributed by atoms with E-state index in [4.69, 9.17) is 10.5 Å². The van der Waals surface area contributed by atoms with Crippen LogP contribution < -0.4 is 10.6 Å². The van der Waals surface area contributed by atoms with Gasteiger partial charge in [-0.25, -0.2) is 0 Å². The topological polar surface area (TPSA) is 55.6 Å². The fourth-order valence-electron chi connectivity index (χ4n) is 2.00. The van der Waals surface area contributed by atoms with Gasteiger partial charge < -0.3 is 15.4 Å². The van der Waals surface area contributed by atoms with Gasteiger partial charge in [-0.15, -0.1) is 0 Å². The summed E-state index contributed by atoms with van der Waals surface area (Å²) < 4.78 is 5.50. The van der Waals surface area contributed by atoms with E-state index in [1.54, 1.807) is 4.90 Å². The minimum Gasteiger partial charge on any atom is -0.367 e.